The maximum atomic E-state index is 2.43. The van der Waals surface area contributed by atoms with E-state index in [0.717, 1.165) is 67.9 Å². The van der Waals surface area contributed by atoms with E-state index >= 15 is 0 Å². The zero-order valence-electron chi connectivity index (χ0n) is 32.8. The molecule has 0 fully saturated rings. The summed E-state index contributed by atoms with van der Waals surface area (Å²) < 4.78 is 2.39. The summed E-state index contributed by atoms with van der Waals surface area (Å²) >= 11 is 0. The molecular formula is C55H42N4. The molecule has 0 saturated heterocycles. The zero-order valence-corrected chi connectivity index (χ0v) is 32.8. The number of nitrogens with zero attached hydrogens (tertiary/aromatic N) is 4. The Morgan fingerprint density at radius 3 is 1.22 bits per heavy atom. The molecule has 4 nitrogen and oxygen atoms in total. The minimum Gasteiger partial charge on any atom is -0.310 e. The van der Waals surface area contributed by atoms with Gasteiger partial charge in [-0.15, -0.1) is 0 Å². The van der Waals surface area contributed by atoms with Gasteiger partial charge in [0, 0.05) is 62.0 Å². The second-order valence-corrected chi connectivity index (χ2v) is 14.7. The van der Waals surface area contributed by atoms with Gasteiger partial charge in [0.15, 0.2) is 0 Å². The zero-order chi connectivity index (χ0) is 39.5. The molecule has 10 rings (SSSR count). The van der Waals surface area contributed by atoms with Gasteiger partial charge in [-0.05, 0) is 122 Å². The Morgan fingerprint density at radius 2 is 0.695 bits per heavy atom. The fourth-order valence-electron chi connectivity index (χ4n) is 8.33. The third kappa shape index (κ3) is 6.77. The van der Waals surface area contributed by atoms with Crippen LogP contribution < -0.4 is 14.7 Å². The van der Waals surface area contributed by atoms with Crippen LogP contribution in [0.15, 0.2) is 237 Å². The lowest BCUT2D eigenvalue weighted by Crippen LogP contribution is -2.14. The highest BCUT2D eigenvalue weighted by Crippen LogP contribution is 2.47. The van der Waals surface area contributed by atoms with E-state index < -0.39 is 0 Å². The number of aryl methyl sites for hydroxylation is 1. The SMILES string of the molecule is Cc1ccc(N(c2ccccc2)c2cccc(N(c3cccc(N(c4ccccc4)c4ccccc4)c3)c3cccc4c3c3ccccc3n4-c3ccccc3)c2)cc1. The van der Waals surface area contributed by atoms with Crippen molar-refractivity contribution in [2.45, 2.75) is 6.92 Å². The van der Waals surface area contributed by atoms with Gasteiger partial charge in [0.2, 0.25) is 0 Å². The fourth-order valence-corrected chi connectivity index (χ4v) is 8.33. The molecule has 0 aliphatic rings. The molecule has 1 aromatic heterocycles. The van der Waals surface area contributed by atoms with Crippen LogP contribution in [0.4, 0.5) is 51.2 Å². The molecule has 9 aromatic carbocycles. The smallest absolute Gasteiger partial charge is 0.0562 e. The number of hydrogen-bond donors (Lipinski definition) is 0. The Balaban J connectivity index is 1.23. The Hall–Kier alpha value is -7.82. The average Bonchev–Trinajstić information content (AvgIpc) is 3.64. The molecule has 0 radical (unpaired) electrons. The molecule has 0 saturated carbocycles. The Morgan fingerprint density at radius 1 is 0.305 bits per heavy atom. The second kappa shape index (κ2) is 15.6. The summed E-state index contributed by atoms with van der Waals surface area (Å²) in [5.74, 6) is 0. The first-order chi connectivity index (χ1) is 29.2. The van der Waals surface area contributed by atoms with Gasteiger partial charge < -0.3 is 19.3 Å². The monoisotopic (exact) mass is 758 g/mol. The van der Waals surface area contributed by atoms with Crippen LogP contribution in [-0.4, -0.2) is 4.57 Å². The van der Waals surface area contributed by atoms with Gasteiger partial charge in [-0.3, -0.25) is 0 Å². The van der Waals surface area contributed by atoms with Crippen LogP contribution >= 0.6 is 0 Å². The van der Waals surface area contributed by atoms with Gasteiger partial charge in [0.1, 0.15) is 0 Å². The maximum absolute atomic E-state index is 2.43. The molecule has 1 heterocycles. The van der Waals surface area contributed by atoms with Crippen molar-refractivity contribution in [2.24, 2.45) is 0 Å². The van der Waals surface area contributed by atoms with Crippen LogP contribution in [0.1, 0.15) is 5.56 Å². The molecule has 0 N–H and O–H groups in total. The molecule has 0 spiro atoms. The number of fused-ring (bicyclic) bond motifs is 3. The van der Waals surface area contributed by atoms with E-state index in [2.05, 4.69) is 263 Å². The summed E-state index contributed by atoms with van der Waals surface area (Å²) in [6.45, 7) is 2.13. The molecule has 4 heteroatoms. The van der Waals surface area contributed by atoms with Crippen LogP contribution in [0.3, 0.4) is 0 Å². The third-order valence-corrected chi connectivity index (χ3v) is 11.0. The molecule has 0 atom stereocenters. The van der Waals surface area contributed by atoms with Crippen molar-refractivity contribution in [1.29, 1.82) is 0 Å². The molecule has 10 aromatic rings. The van der Waals surface area contributed by atoms with Crippen LogP contribution in [0, 0.1) is 6.92 Å². The summed E-state index contributed by atoms with van der Waals surface area (Å²) in [5, 5.41) is 2.38. The third-order valence-electron chi connectivity index (χ3n) is 11.0. The molecule has 0 bridgehead atoms. The number of rotatable bonds is 10. The van der Waals surface area contributed by atoms with Gasteiger partial charge in [-0.1, -0.05) is 127 Å². The van der Waals surface area contributed by atoms with Crippen molar-refractivity contribution < 1.29 is 0 Å². The van der Waals surface area contributed by atoms with Crippen molar-refractivity contribution in [3.63, 3.8) is 0 Å². The summed E-state index contributed by atoms with van der Waals surface area (Å²) in [6.07, 6.45) is 0. The lowest BCUT2D eigenvalue weighted by Gasteiger charge is -2.31. The number of para-hydroxylation sites is 5. The van der Waals surface area contributed by atoms with E-state index in [9.17, 15) is 0 Å². The Labute approximate surface area is 345 Å². The van der Waals surface area contributed by atoms with Crippen LogP contribution in [0.25, 0.3) is 27.5 Å². The van der Waals surface area contributed by atoms with E-state index in [1.54, 1.807) is 0 Å². The van der Waals surface area contributed by atoms with Crippen molar-refractivity contribution in [2.75, 3.05) is 14.7 Å². The van der Waals surface area contributed by atoms with E-state index in [0.29, 0.717) is 0 Å². The highest BCUT2D eigenvalue weighted by Gasteiger charge is 2.23. The van der Waals surface area contributed by atoms with Gasteiger partial charge in [-0.2, -0.15) is 0 Å². The largest absolute Gasteiger partial charge is 0.310 e. The summed E-state index contributed by atoms with van der Waals surface area (Å²) in [5.41, 5.74) is 14.3. The first-order valence-corrected chi connectivity index (χ1v) is 20.1. The van der Waals surface area contributed by atoms with Crippen LogP contribution in [0.5, 0.6) is 0 Å². The lowest BCUT2D eigenvalue weighted by atomic mass is 10.1. The van der Waals surface area contributed by atoms with Gasteiger partial charge >= 0.3 is 0 Å². The standard InChI is InChI=1S/C55H42N4/c1-41-35-37-46(38-36-41)57(44-23-10-4-11-24-44)48-28-17-30-50(40-48)58(49-29-16-27-47(39-49)56(42-19-6-2-7-20-42)43-21-8-3-9-22-43)53-33-18-34-54-55(53)51-31-14-15-32-52(51)59(54)45-25-12-5-13-26-45/h2-40H,1H3. The summed E-state index contributed by atoms with van der Waals surface area (Å²) in [6, 6.07) is 84.7. The van der Waals surface area contributed by atoms with Crippen molar-refractivity contribution in [1.82, 2.24) is 4.57 Å². The molecule has 0 unspecified atom stereocenters. The topological polar surface area (TPSA) is 14.7 Å². The number of anilines is 9. The molecule has 0 aliphatic carbocycles. The lowest BCUT2D eigenvalue weighted by molar-refractivity contribution is 1.18. The van der Waals surface area contributed by atoms with Gasteiger partial charge in [-0.25, -0.2) is 0 Å². The van der Waals surface area contributed by atoms with E-state index in [-0.39, 0.29) is 0 Å². The van der Waals surface area contributed by atoms with Crippen LogP contribution in [0.2, 0.25) is 0 Å². The summed E-state index contributed by atoms with van der Waals surface area (Å²) in [7, 11) is 0. The fraction of sp³-hybridized carbons (Fsp3) is 0.0182. The molecule has 59 heavy (non-hydrogen) atoms. The quantitative estimate of drug-likeness (QED) is 0.138. The first kappa shape index (κ1) is 35.6. The molecule has 0 amide bonds. The van der Waals surface area contributed by atoms with E-state index in [1.165, 1.54) is 16.3 Å². The minimum atomic E-state index is 1.04. The van der Waals surface area contributed by atoms with Crippen molar-refractivity contribution in [3.05, 3.63) is 242 Å². The maximum Gasteiger partial charge on any atom is 0.0562 e. The van der Waals surface area contributed by atoms with Gasteiger partial charge in [0.25, 0.3) is 0 Å². The first-order valence-electron chi connectivity index (χ1n) is 20.1. The van der Waals surface area contributed by atoms with Gasteiger partial charge in [0.05, 0.1) is 16.7 Å². The second-order valence-electron chi connectivity index (χ2n) is 14.7. The Kier molecular flexibility index (Phi) is 9.41. The molecular weight excluding hydrogens is 717 g/mol. The number of aromatic nitrogens is 1. The molecule has 0 aliphatic heterocycles. The predicted molar refractivity (Wildman–Crippen MR) is 250 cm³/mol. The minimum absolute atomic E-state index is 1.04. The van der Waals surface area contributed by atoms with E-state index in [1.807, 2.05) is 0 Å². The van der Waals surface area contributed by atoms with Crippen molar-refractivity contribution in [3.8, 4) is 5.69 Å². The normalized spacial score (nSPS) is 11.1. The van der Waals surface area contributed by atoms with E-state index in [4.69, 9.17) is 0 Å². The highest BCUT2D eigenvalue weighted by molar-refractivity contribution is 6.16. The highest BCUT2D eigenvalue weighted by atomic mass is 15.2. The van der Waals surface area contributed by atoms with Crippen LogP contribution in [-0.2, 0) is 0 Å². The predicted octanol–water partition coefficient (Wildman–Crippen LogP) is 15.5. The number of hydrogen-bond acceptors (Lipinski definition) is 3. The van der Waals surface area contributed by atoms with Crippen molar-refractivity contribution >= 4 is 73.0 Å². The molecule has 282 valence electrons. The number of benzene rings is 9. The Bertz CT molecular complexity index is 2960. The average molecular weight is 759 g/mol. The summed E-state index contributed by atoms with van der Waals surface area (Å²) in [4.78, 5) is 7.10.